The van der Waals surface area contributed by atoms with Crippen LogP contribution in [0.1, 0.15) is 11.1 Å². The maximum Gasteiger partial charge on any atom is 0.231 e. The van der Waals surface area contributed by atoms with Crippen molar-refractivity contribution in [2.24, 2.45) is 0 Å². The summed E-state index contributed by atoms with van der Waals surface area (Å²) in [4.78, 5) is 2.22. The normalized spacial score (nSPS) is 18.0. The fourth-order valence-corrected chi connectivity index (χ4v) is 5.22. The fourth-order valence-electron chi connectivity index (χ4n) is 3.41. The number of benzene rings is 2. The molecule has 0 spiro atoms. The van der Waals surface area contributed by atoms with Crippen molar-refractivity contribution < 1.29 is 17.9 Å². The van der Waals surface area contributed by atoms with Gasteiger partial charge in [-0.15, -0.1) is 0 Å². The lowest BCUT2D eigenvalue weighted by Crippen LogP contribution is -2.48. The van der Waals surface area contributed by atoms with Gasteiger partial charge in [0.05, 0.1) is 10.8 Å². The molecule has 144 valence electrons. The first kappa shape index (κ1) is 18.6. The molecule has 0 aliphatic carbocycles. The van der Waals surface area contributed by atoms with Crippen molar-refractivity contribution in [2.75, 3.05) is 33.0 Å². The van der Waals surface area contributed by atoms with E-state index in [1.54, 1.807) is 4.31 Å². The number of sulfonamides is 1. The van der Waals surface area contributed by atoms with Crippen LogP contribution >= 0.6 is 11.6 Å². The summed E-state index contributed by atoms with van der Waals surface area (Å²) in [6.07, 6.45) is 0. The molecule has 0 aromatic heterocycles. The zero-order valence-electron chi connectivity index (χ0n) is 14.8. The largest absolute Gasteiger partial charge is 0.454 e. The second kappa shape index (κ2) is 7.67. The SMILES string of the molecule is O=S(=O)(Cc1ccccc1)N1CCN(Cc2cc(Cl)c3c(c2)OCO3)CC1. The number of hydrogen-bond acceptors (Lipinski definition) is 5. The number of ether oxygens (including phenoxy) is 2. The quantitative estimate of drug-likeness (QED) is 0.761. The molecule has 0 amide bonds. The minimum Gasteiger partial charge on any atom is -0.454 e. The Bertz CT molecular complexity index is 913. The summed E-state index contributed by atoms with van der Waals surface area (Å²) in [7, 11) is -3.30. The number of rotatable bonds is 5. The van der Waals surface area contributed by atoms with Crippen molar-refractivity contribution in [3.63, 3.8) is 0 Å². The molecule has 0 unspecified atom stereocenters. The highest BCUT2D eigenvalue weighted by atomic mass is 35.5. The second-order valence-corrected chi connectivity index (χ2v) is 9.10. The smallest absolute Gasteiger partial charge is 0.231 e. The van der Waals surface area contributed by atoms with Gasteiger partial charge in [0.25, 0.3) is 0 Å². The molecule has 0 radical (unpaired) electrons. The topological polar surface area (TPSA) is 59.1 Å². The van der Waals surface area contributed by atoms with Crippen LogP contribution in [0.15, 0.2) is 42.5 Å². The van der Waals surface area contributed by atoms with Crippen LogP contribution in [-0.4, -0.2) is 50.6 Å². The molecule has 0 bridgehead atoms. The highest BCUT2D eigenvalue weighted by Gasteiger charge is 2.27. The summed E-state index contributed by atoms with van der Waals surface area (Å²) in [6.45, 7) is 3.24. The van der Waals surface area contributed by atoms with Gasteiger partial charge in [0.15, 0.2) is 11.5 Å². The van der Waals surface area contributed by atoms with Crippen LogP contribution in [0.25, 0.3) is 0 Å². The average molecular weight is 409 g/mol. The van der Waals surface area contributed by atoms with Gasteiger partial charge < -0.3 is 9.47 Å². The fraction of sp³-hybridized carbons (Fsp3) is 0.368. The van der Waals surface area contributed by atoms with Crippen molar-refractivity contribution in [1.82, 2.24) is 9.21 Å². The molecule has 0 N–H and O–H groups in total. The van der Waals surface area contributed by atoms with E-state index in [0.717, 1.165) is 11.1 Å². The molecule has 8 heteroatoms. The monoisotopic (exact) mass is 408 g/mol. The molecule has 2 aliphatic heterocycles. The minimum atomic E-state index is -3.30. The van der Waals surface area contributed by atoms with E-state index in [4.69, 9.17) is 21.1 Å². The molecule has 2 aliphatic rings. The van der Waals surface area contributed by atoms with Crippen molar-refractivity contribution in [1.29, 1.82) is 0 Å². The lowest BCUT2D eigenvalue weighted by Gasteiger charge is -2.34. The Morgan fingerprint density at radius 3 is 2.44 bits per heavy atom. The van der Waals surface area contributed by atoms with Crippen LogP contribution in [0.3, 0.4) is 0 Å². The average Bonchev–Trinajstić information content (AvgIpc) is 3.12. The van der Waals surface area contributed by atoms with Crippen molar-refractivity contribution in [2.45, 2.75) is 12.3 Å². The van der Waals surface area contributed by atoms with Gasteiger partial charge in [-0.1, -0.05) is 41.9 Å². The van der Waals surface area contributed by atoms with Crippen molar-refractivity contribution >= 4 is 21.6 Å². The molecule has 4 rings (SSSR count). The Labute approximate surface area is 164 Å². The van der Waals surface area contributed by atoms with Crippen LogP contribution in [0.2, 0.25) is 5.02 Å². The molecule has 2 aromatic carbocycles. The third kappa shape index (κ3) is 4.21. The molecule has 1 fully saturated rings. The minimum absolute atomic E-state index is 0.0472. The maximum atomic E-state index is 12.7. The zero-order chi connectivity index (χ0) is 18.9. The van der Waals surface area contributed by atoms with Gasteiger partial charge in [-0.3, -0.25) is 4.90 Å². The van der Waals surface area contributed by atoms with Gasteiger partial charge in [0.2, 0.25) is 16.8 Å². The van der Waals surface area contributed by atoms with E-state index in [1.807, 2.05) is 42.5 Å². The van der Waals surface area contributed by atoms with Crippen LogP contribution in [-0.2, 0) is 22.3 Å². The maximum absolute atomic E-state index is 12.7. The molecule has 2 aromatic rings. The van der Waals surface area contributed by atoms with Crippen molar-refractivity contribution in [3.8, 4) is 11.5 Å². The summed E-state index contributed by atoms with van der Waals surface area (Å²) in [6, 6.07) is 13.1. The molecule has 27 heavy (non-hydrogen) atoms. The third-order valence-electron chi connectivity index (χ3n) is 4.81. The standard InChI is InChI=1S/C19H21ClN2O4S/c20-17-10-16(11-18-19(17)26-14-25-18)12-21-6-8-22(9-7-21)27(23,24)13-15-4-2-1-3-5-15/h1-5,10-11H,6-9,12-14H2. The number of piperazine rings is 1. The van der Waals surface area contributed by atoms with Crippen molar-refractivity contribution in [3.05, 3.63) is 58.6 Å². The van der Waals surface area contributed by atoms with E-state index < -0.39 is 10.0 Å². The molecule has 6 nitrogen and oxygen atoms in total. The van der Waals surface area contributed by atoms with Crippen LogP contribution in [0, 0.1) is 0 Å². The summed E-state index contributed by atoms with van der Waals surface area (Å²) < 4.78 is 37.6. The highest BCUT2D eigenvalue weighted by Crippen LogP contribution is 2.40. The Kier molecular flexibility index (Phi) is 5.27. The third-order valence-corrected chi connectivity index (χ3v) is 6.94. The Morgan fingerprint density at radius 1 is 0.963 bits per heavy atom. The van der Waals surface area contributed by atoms with E-state index in [-0.39, 0.29) is 12.5 Å². The predicted molar refractivity (Wildman–Crippen MR) is 103 cm³/mol. The summed E-state index contributed by atoms with van der Waals surface area (Å²) in [5.41, 5.74) is 1.85. The van der Waals surface area contributed by atoms with Gasteiger partial charge in [0, 0.05) is 32.7 Å². The van der Waals surface area contributed by atoms with Gasteiger partial charge in [-0.25, -0.2) is 8.42 Å². The summed E-state index contributed by atoms with van der Waals surface area (Å²) in [5, 5.41) is 0.545. The van der Waals surface area contributed by atoms with E-state index in [2.05, 4.69) is 4.90 Å². The van der Waals surface area contributed by atoms with Gasteiger partial charge in [0.1, 0.15) is 0 Å². The number of hydrogen-bond donors (Lipinski definition) is 0. The molecule has 0 atom stereocenters. The van der Waals surface area contributed by atoms with Crippen LogP contribution in [0.5, 0.6) is 11.5 Å². The number of nitrogens with zero attached hydrogens (tertiary/aromatic N) is 2. The first-order valence-corrected chi connectivity index (χ1v) is 10.8. The van der Waals surface area contributed by atoms with Crippen LogP contribution in [0.4, 0.5) is 0 Å². The molecular formula is C19H21ClN2O4S. The first-order chi connectivity index (χ1) is 13.0. The first-order valence-electron chi connectivity index (χ1n) is 8.83. The molecular weight excluding hydrogens is 388 g/mol. The highest BCUT2D eigenvalue weighted by molar-refractivity contribution is 7.88. The number of fused-ring (bicyclic) bond motifs is 1. The van der Waals surface area contributed by atoms with E-state index >= 15 is 0 Å². The van der Waals surface area contributed by atoms with E-state index in [0.29, 0.717) is 49.2 Å². The molecule has 1 saturated heterocycles. The number of halogens is 1. The lowest BCUT2D eigenvalue weighted by molar-refractivity contribution is 0.173. The van der Waals surface area contributed by atoms with E-state index in [1.165, 1.54) is 0 Å². The van der Waals surface area contributed by atoms with Gasteiger partial charge in [-0.05, 0) is 23.3 Å². The predicted octanol–water partition coefficient (Wildman–Crippen LogP) is 2.72. The Balaban J connectivity index is 1.36. The van der Waals surface area contributed by atoms with Gasteiger partial charge >= 0.3 is 0 Å². The lowest BCUT2D eigenvalue weighted by atomic mass is 10.1. The summed E-state index contributed by atoms with van der Waals surface area (Å²) in [5.74, 6) is 1.31. The van der Waals surface area contributed by atoms with Crippen LogP contribution < -0.4 is 9.47 Å². The summed E-state index contributed by atoms with van der Waals surface area (Å²) >= 11 is 6.24. The zero-order valence-corrected chi connectivity index (χ0v) is 16.4. The molecule has 2 heterocycles. The molecule has 0 saturated carbocycles. The second-order valence-electron chi connectivity index (χ2n) is 6.73. The van der Waals surface area contributed by atoms with Gasteiger partial charge in [-0.2, -0.15) is 4.31 Å². The Morgan fingerprint density at radius 2 is 1.70 bits per heavy atom. The van der Waals surface area contributed by atoms with E-state index in [9.17, 15) is 8.42 Å². The Hall–Kier alpha value is -1.80.